The smallest absolute Gasteiger partial charge is 0.336 e. The van der Waals surface area contributed by atoms with Crippen LogP contribution >= 0.6 is 0 Å². The Morgan fingerprint density at radius 3 is 2.70 bits per heavy atom. The van der Waals surface area contributed by atoms with Crippen LogP contribution in [0.1, 0.15) is 44.2 Å². The van der Waals surface area contributed by atoms with Gasteiger partial charge in [0, 0.05) is 35.8 Å². The van der Waals surface area contributed by atoms with Crippen LogP contribution in [-0.2, 0) is 0 Å². The van der Waals surface area contributed by atoms with E-state index in [-0.39, 0.29) is 11.2 Å². The summed E-state index contributed by atoms with van der Waals surface area (Å²) >= 11 is 0. The van der Waals surface area contributed by atoms with E-state index in [1.807, 2.05) is 13.0 Å². The fraction of sp³-hybridized carbons (Fsp3) is 0.471. The van der Waals surface area contributed by atoms with Crippen LogP contribution in [0.4, 0.5) is 5.69 Å². The molecule has 0 saturated heterocycles. The van der Waals surface area contributed by atoms with Crippen LogP contribution in [0, 0.1) is 6.92 Å². The fourth-order valence-corrected chi connectivity index (χ4v) is 3.38. The average molecular weight is 271 g/mol. The lowest BCUT2D eigenvalue weighted by Gasteiger charge is -2.45. The molecule has 2 heterocycles. The summed E-state index contributed by atoms with van der Waals surface area (Å²) in [6, 6.07) is 5.78. The number of nitrogens with zero attached hydrogens (tertiary/aromatic N) is 1. The number of fused-ring (bicyclic) bond motifs is 2. The van der Waals surface area contributed by atoms with Gasteiger partial charge >= 0.3 is 5.63 Å². The predicted octanol–water partition coefficient (Wildman–Crippen LogP) is 3.82. The molecule has 1 aromatic carbocycles. The lowest BCUT2D eigenvalue weighted by molar-refractivity contribution is 0.395. The Morgan fingerprint density at radius 2 is 2.00 bits per heavy atom. The van der Waals surface area contributed by atoms with E-state index in [0.29, 0.717) is 11.5 Å². The molecule has 20 heavy (non-hydrogen) atoms. The number of aryl methyl sites for hydroxylation is 1. The molecule has 1 atom stereocenters. The van der Waals surface area contributed by atoms with Gasteiger partial charge in [-0.1, -0.05) is 6.92 Å². The summed E-state index contributed by atoms with van der Waals surface area (Å²) in [6.45, 7) is 8.74. The van der Waals surface area contributed by atoms with Crippen LogP contribution in [0.15, 0.2) is 27.4 Å². The van der Waals surface area contributed by atoms with Gasteiger partial charge in [0.05, 0.1) is 0 Å². The summed E-state index contributed by atoms with van der Waals surface area (Å²) in [5.74, 6) is 0.506. The molecule has 3 heteroatoms. The molecule has 0 saturated carbocycles. The molecular formula is C17H21NO2. The second kappa shape index (κ2) is 4.11. The lowest BCUT2D eigenvalue weighted by Crippen LogP contribution is -2.45. The minimum absolute atomic E-state index is 0.115. The molecule has 0 spiro atoms. The zero-order valence-corrected chi connectivity index (χ0v) is 12.8. The highest BCUT2D eigenvalue weighted by Gasteiger charge is 2.34. The van der Waals surface area contributed by atoms with Gasteiger partial charge in [0.15, 0.2) is 0 Å². The van der Waals surface area contributed by atoms with Crippen LogP contribution in [0.5, 0.6) is 0 Å². The number of hydrogen-bond acceptors (Lipinski definition) is 3. The van der Waals surface area contributed by atoms with Gasteiger partial charge in [0.2, 0.25) is 0 Å². The van der Waals surface area contributed by atoms with Crippen molar-refractivity contribution in [3.8, 4) is 0 Å². The summed E-state index contributed by atoms with van der Waals surface area (Å²) in [5.41, 5.74) is 4.03. The molecule has 0 amide bonds. The van der Waals surface area contributed by atoms with E-state index < -0.39 is 0 Å². The first-order valence-corrected chi connectivity index (χ1v) is 7.12. The second-order valence-corrected chi connectivity index (χ2v) is 6.63. The zero-order chi connectivity index (χ0) is 14.7. The summed E-state index contributed by atoms with van der Waals surface area (Å²) in [7, 11) is 2.12. The van der Waals surface area contributed by atoms with E-state index in [0.717, 1.165) is 17.4 Å². The highest BCUT2D eigenvalue weighted by atomic mass is 16.4. The topological polar surface area (TPSA) is 33.5 Å². The van der Waals surface area contributed by atoms with E-state index >= 15 is 0 Å². The molecule has 3 nitrogen and oxygen atoms in total. The number of anilines is 1. The SMILES string of the molecule is Cc1cc(=O)oc2cc3c(cc12)C(C)CC(C)(C)N3C. The van der Waals surface area contributed by atoms with Gasteiger partial charge < -0.3 is 9.32 Å². The molecule has 0 N–H and O–H groups in total. The molecule has 0 radical (unpaired) electrons. The third-order valence-electron chi connectivity index (χ3n) is 4.70. The zero-order valence-electron chi connectivity index (χ0n) is 12.8. The summed E-state index contributed by atoms with van der Waals surface area (Å²) < 4.78 is 5.38. The Labute approximate surface area is 119 Å². The van der Waals surface area contributed by atoms with Crippen LogP contribution in [0.3, 0.4) is 0 Å². The summed E-state index contributed by atoms with van der Waals surface area (Å²) in [5, 5.41) is 1.04. The Bertz CT molecular complexity index is 742. The van der Waals surface area contributed by atoms with Crippen molar-refractivity contribution >= 4 is 16.7 Å². The molecule has 1 aromatic heterocycles. The van der Waals surface area contributed by atoms with Crippen molar-refractivity contribution in [2.24, 2.45) is 0 Å². The Morgan fingerprint density at radius 1 is 1.30 bits per heavy atom. The maximum Gasteiger partial charge on any atom is 0.336 e. The van der Waals surface area contributed by atoms with Gasteiger partial charge in [-0.05, 0) is 50.3 Å². The average Bonchev–Trinajstić information content (AvgIpc) is 2.34. The molecular weight excluding hydrogens is 250 g/mol. The first kappa shape index (κ1) is 13.2. The number of benzene rings is 1. The van der Waals surface area contributed by atoms with E-state index in [1.54, 1.807) is 6.07 Å². The van der Waals surface area contributed by atoms with E-state index in [4.69, 9.17) is 4.42 Å². The molecule has 0 bridgehead atoms. The molecule has 1 unspecified atom stereocenters. The van der Waals surface area contributed by atoms with Crippen LogP contribution in [0.2, 0.25) is 0 Å². The summed E-state index contributed by atoms with van der Waals surface area (Å²) in [4.78, 5) is 13.9. The first-order valence-electron chi connectivity index (χ1n) is 7.12. The van der Waals surface area contributed by atoms with Gasteiger partial charge in [0.1, 0.15) is 5.58 Å². The van der Waals surface area contributed by atoms with E-state index in [1.165, 1.54) is 11.3 Å². The van der Waals surface area contributed by atoms with Crippen molar-refractivity contribution in [3.63, 3.8) is 0 Å². The maximum atomic E-state index is 11.6. The largest absolute Gasteiger partial charge is 0.423 e. The third-order valence-corrected chi connectivity index (χ3v) is 4.70. The van der Waals surface area contributed by atoms with E-state index in [2.05, 4.69) is 38.8 Å². The molecule has 0 fully saturated rings. The van der Waals surface area contributed by atoms with Crippen molar-refractivity contribution in [1.29, 1.82) is 0 Å². The Hall–Kier alpha value is -1.77. The van der Waals surface area contributed by atoms with Gasteiger partial charge in [-0.3, -0.25) is 0 Å². The Kier molecular flexibility index (Phi) is 2.72. The molecule has 1 aliphatic rings. The highest BCUT2D eigenvalue weighted by molar-refractivity contribution is 5.86. The minimum atomic E-state index is -0.277. The van der Waals surface area contributed by atoms with E-state index in [9.17, 15) is 4.79 Å². The molecule has 3 rings (SSSR count). The molecule has 0 aliphatic carbocycles. The van der Waals surface area contributed by atoms with Crippen LogP contribution < -0.4 is 10.5 Å². The van der Waals surface area contributed by atoms with Crippen molar-refractivity contribution in [2.75, 3.05) is 11.9 Å². The second-order valence-electron chi connectivity index (χ2n) is 6.63. The van der Waals surface area contributed by atoms with Gasteiger partial charge in [-0.2, -0.15) is 0 Å². The first-order chi connectivity index (χ1) is 9.29. The quantitative estimate of drug-likeness (QED) is 0.683. The van der Waals surface area contributed by atoms with Crippen molar-refractivity contribution in [3.05, 3.63) is 39.7 Å². The third kappa shape index (κ3) is 1.84. The van der Waals surface area contributed by atoms with Gasteiger partial charge in [-0.25, -0.2) is 4.79 Å². The molecule has 1 aliphatic heterocycles. The molecule has 2 aromatic rings. The van der Waals surface area contributed by atoms with Gasteiger partial charge in [-0.15, -0.1) is 0 Å². The standard InChI is InChI=1S/C17H21NO2/c1-10-6-16(19)20-15-8-14-12(7-13(10)15)11(2)9-17(3,4)18(14)5/h6-8,11H,9H2,1-5H3. The van der Waals surface area contributed by atoms with Crippen LogP contribution in [-0.4, -0.2) is 12.6 Å². The molecule has 106 valence electrons. The normalized spacial score (nSPS) is 21.1. The lowest BCUT2D eigenvalue weighted by atomic mass is 9.80. The number of rotatable bonds is 0. The van der Waals surface area contributed by atoms with Crippen molar-refractivity contribution < 1.29 is 4.42 Å². The predicted molar refractivity (Wildman–Crippen MR) is 82.7 cm³/mol. The Balaban J connectivity index is 2.34. The van der Waals surface area contributed by atoms with Crippen molar-refractivity contribution in [1.82, 2.24) is 0 Å². The maximum absolute atomic E-state index is 11.6. The number of hydrogen-bond donors (Lipinski definition) is 0. The summed E-state index contributed by atoms with van der Waals surface area (Å²) in [6.07, 6.45) is 1.12. The van der Waals surface area contributed by atoms with Gasteiger partial charge in [0.25, 0.3) is 0 Å². The highest BCUT2D eigenvalue weighted by Crippen LogP contribution is 2.44. The monoisotopic (exact) mass is 271 g/mol. The van der Waals surface area contributed by atoms with Crippen LogP contribution in [0.25, 0.3) is 11.0 Å². The van der Waals surface area contributed by atoms with Crippen molar-refractivity contribution in [2.45, 2.75) is 45.6 Å². The minimum Gasteiger partial charge on any atom is -0.423 e. The fourth-order valence-electron chi connectivity index (χ4n) is 3.38.